The van der Waals surface area contributed by atoms with Crippen molar-refractivity contribution in [3.63, 3.8) is 0 Å². The molecule has 3 aliphatic rings. The first-order valence-corrected chi connectivity index (χ1v) is 21.1. The molecule has 13 nitrogen and oxygen atoms in total. The van der Waals surface area contributed by atoms with E-state index in [1.165, 1.54) is 18.2 Å². The number of halogens is 4. The van der Waals surface area contributed by atoms with Gasteiger partial charge in [-0.25, -0.2) is 22.9 Å². The number of carboxylic acids is 1. The van der Waals surface area contributed by atoms with Crippen molar-refractivity contribution in [3.8, 4) is 17.2 Å². The number of nitrogens with zero attached hydrogens (tertiary/aromatic N) is 2. The molecule has 0 aromatic heterocycles. The van der Waals surface area contributed by atoms with Crippen molar-refractivity contribution >= 4 is 54.6 Å². The van der Waals surface area contributed by atoms with Gasteiger partial charge < -0.3 is 19.5 Å². The summed E-state index contributed by atoms with van der Waals surface area (Å²) in [5.41, 5.74) is -1.10. The maximum absolute atomic E-state index is 14.4. The predicted molar refractivity (Wildman–Crippen MR) is 211 cm³/mol. The topological polar surface area (TPSA) is 188 Å². The van der Waals surface area contributed by atoms with E-state index in [1.807, 2.05) is 37.2 Å². The maximum Gasteiger partial charge on any atom is 0.343 e. The van der Waals surface area contributed by atoms with E-state index in [-0.39, 0.29) is 50.6 Å². The Morgan fingerprint density at radius 3 is 1.97 bits per heavy atom. The van der Waals surface area contributed by atoms with Crippen LogP contribution >= 0.6 is 0 Å². The Bertz CT molecular complexity index is 3040. The molecule has 0 bridgehead atoms. The molecule has 0 aliphatic carbocycles. The lowest BCUT2D eigenvalue weighted by atomic mass is 9.83. The number of hydrogen-bond acceptors (Lipinski definition) is 9. The fraction of sp³-hybridized carbons (Fsp3) is 0.244. The number of carboxylic acid groups (broad SMARTS) is 1. The Hall–Kier alpha value is -5.89. The van der Waals surface area contributed by atoms with Crippen molar-refractivity contribution in [2.45, 2.75) is 38.8 Å². The number of carbonyl (C=O) groups is 2. The number of aromatic carboxylic acids is 1. The Morgan fingerprint density at radius 1 is 0.783 bits per heavy atom. The molecule has 0 amide bonds. The van der Waals surface area contributed by atoms with Crippen molar-refractivity contribution in [1.82, 2.24) is 4.58 Å². The monoisotopic (exact) mass is 871 g/mol. The molecule has 0 atom stereocenters. The van der Waals surface area contributed by atoms with Crippen LogP contribution in [0.25, 0.3) is 16.7 Å². The van der Waals surface area contributed by atoms with Crippen LogP contribution in [0, 0.1) is 23.3 Å². The number of esters is 1. The summed E-state index contributed by atoms with van der Waals surface area (Å²) in [6.45, 7) is 7.25. The highest BCUT2D eigenvalue weighted by atomic mass is 32.2. The second-order valence-electron chi connectivity index (χ2n) is 15.7. The van der Waals surface area contributed by atoms with Crippen molar-refractivity contribution in [2.75, 3.05) is 30.5 Å². The third kappa shape index (κ3) is 7.46. The quantitative estimate of drug-likeness (QED) is 0.0463. The summed E-state index contributed by atoms with van der Waals surface area (Å²) in [5.74, 6) is -13.9. The lowest BCUT2D eigenvalue weighted by Crippen LogP contribution is -2.47. The van der Waals surface area contributed by atoms with Gasteiger partial charge in [-0.3, -0.25) is 9.11 Å². The predicted octanol–water partition coefficient (Wildman–Crippen LogP) is 5.20. The number of ether oxygens (including phenoxy) is 2. The first-order valence-electron chi connectivity index (χ1n) is 17.8. The molecular formula is C41H35F4N2O11S2+. The van der Waals surface area contributed by atoms with Gasteiger partial charge in [0.05, 0.1) is 28.3 Å². The van der Waals surface area contributed by atoms with Crippen LogP contribution in [0.2, 0.25) is 0 Å². The highest BCUT2D eigenvalue weighted by Gasteiger charge is 2.38. The third-order valence-electron chi connectivity index (χ3n) is 10.8. The van der Waals surface area contributed by atoms with Gasteiger partial charge in [-0.15, -0.1) is 0 Å². The van der Waals surface area contributed by atoms with Crippen LogP contribution in [0.1, 0.15) is 70.7 Å². The zero-order valence-electron chi connectivity index (χ0n) is 32.5. The summed E-state index contributed by atoms with van der Waals surface area (Å²) in [6.07, 6.45) is 3.29. The van der Waals surface area contributed by atoms with E-state index < -0.39 is 94.9 Å². The first-order chi connectivity index (χ1) is 27.7. The second-order valence-corrected chi connectivity index (χ2v) is 18.6. The lowest BCUT2D eigenvalue weighted by molar-refractivity contribution is 0.0696. The van der Waals surface area contributed by atoms with Gasteiger partial charge in [-0.05, 0) is 60.9 Å². The minimum atomic E-state index is -4.60. The summed E-state index contributed by atoms with van der Waals surface area (Å²) >= 11 is 0. The molecule has 0 unspecified atom stereocenters. The van der Waals surface area contributed by atoms with Crippen molar-refractivity contribution in [1.29, 1.82) is 0 Å². The average Bonchev–Trinajstić information content (AvgIpc) is 3.13. The fourth-order valence-electron chi connectivity index (χ4n) is 7.63. The molecule has 4 aromatic rings. The molecule has 60 heavy (non-hydrogen) atoms. The number of rotatable bonds is 8. The SMILES string of the molecule is CN1c2cc3c(cc2C(CS(=O)(=O)O)=CC1(C)C)C(c1ccc(C(=O)Oc2c(F)c(F)cc(F)c2F)cc1C(=O)O)=c1cc2c(cc1O3)=[N+](C)C(C)(C)C=C2CS(=O)(=O)O. The van der Waals surface area contributed by atoms with Gasteiger partial charge in [-0.2, -0.15) is 25.6 Å². The van der Waals surface area contributed by atoms with Crippen LogP contribution in [0.15, 0.2) is 60.7 Å². The van der Waals surface area contributed by atoms with Crippen LogP contribution in [0.5, 0.6) is 17.2 Å². The molecule has 0 saturated heterocycles. The highest BCUT2D eigenvalue weighted by Crippen LogP contribution is 2.47. The van der Waals surface area contributed by atoms with Crippen molar-refractivity contribution in [2.24, 2.45) is 0 Å². The minimum absolute atomic E-state index is 0.0882. The minimum Gasteiger partial charge on any atom is -0.478 e. The largest absolute Gasteiger partial charge is 0.478 e. The Labute approximate surface area is 340 Å². The molecule has 0 fully saturated rings. The summed E-state index contributed by atoms with van der Waals surface area (Å²) in [4.78, 5) is 28.1. The van der Waals surface area contributed by atoms with Crippen LogP contribution < -0.4 is 29.5 Å². The maximum atomic E-state index is 14.4. The normalized spacial score (nSPS) is 16.4. The molecule has 3 heterocycles. The number of anilines is 1. The molecule has 4 aromatic carbocycles. The molecule has 7 rings (SSSR count). The number of fused-ring (bicyclic) bond motifs is 4. The van der Waals surface area contributed by atoms with Gasteiger partial charge in [-0.1, -0.05) is 12.1 Å². The molecule has 19 heteroatoms. The van der Waals surface area contributed by atoms with Gasteiger partial charge in [0.25, 0.3) is 20.2 Å². The zero-order chi connectivity index (χ0) is 44.2. The summed E-state index contributed by atoms with van der Waals surface area (Å²) in [5, 5.41) is 11.3. The number of likely N-dealkylation sites (N-methyl/N-ethyl adjacent to an activating group) is 2. The zero-order valence-corrected chi connectivity index (χ0v) is 34.2. The van der Waals surface area contributed by atoms with Crippen LogP contribution in [0.3, 0.4) is 0 Å². The van der Waals surface area contributed by atoms with E-state index in [0.29, 0.717) is 22.2 Å². The smallest absolute Gasteiger partial charge is 0.343 e. The van der Waals surface area contributed by atoms with Gasteiger partial charge in [0.1, 0.15) is 30.1 Å². The standard InChI is InChI=1S/C41H34F4N2O11S2/c1-40(2)15-20(17-59(51,52)53)23-10-26-32(13-30(23)46(40)5)57-33-14-31-24(21(18-60(54,55)56)16-41(3,4)47(31)6)11-27(33)34(26)22-8-7-19(9-25(22)38(48)49)39(50)58-37-35(44)28(42)12-29(43)36(37)45/h7-16H,17-18H2,1-6H3,(H2-,48,49,51,52,53,54,55,56)/p+1. The van der Waals surface area contributed by atoms with Gasteiger partial charge in [0.2, 0.25) is 22.7 Å². The first kappa shape index (κ1) is 42.2. The Morgan fingerprint density at radius 2 is 1.38 bits per heavy atom. The van der Waals surface area contributed by atoms with E-state index in [4.69, 9.17) is 4.74 Å². The lowest BCUT2D eigenvalue weighted by Gasteiger charge is -2.41. The van der Waals surface area contributed by atoms with Crippen LogP contribution in [-0.4, -0.2) is 79.7 Å². The Balaban J connectivity index is 1.55. The number of hydrogen-bond donors (Lipinski definition) is 3. The van der Waals surface area contributed by atoms with E-state index in [9.17, 15) is 58.2 Å². The van der Waals surface area contributed by atoms with E-state index in [2.05, 4.69) is 4.74 Å². The van der Waals surface area contributed by atoms with Crippen LogP contribution in [0.4, 0.5) is 23.2 Å². The third-order valence-corrected chi connectivity index (χ3v) is 12.2. The van der Waals surface area contributed by atoms with E-state index >= 15 is 0 Å². The molecular weight excluding hydrogens is 837 g/mol. The Kier molecular flexibility index (Phi) is 9.93. The summed E-state index contributed by atoms with van der Waals surface area (Å²) < 4.78 is 139. The molecule has 3 N–H and O–H groups in total. The van der Waals surface area contributed by atoms with Crippen molar-refractivity contribution < 1.29 is 67.7 Å². The average molecular weight is 872 g/mol. The fourth-order valence-corrected chi connectivity index (χ4v) is 8.90. The summed E-state index contributed by atoms with van der Waals surface area (Å²) in [7, 11) is -5.69. The molecule has 0 radical (unpaired) electrons. The molecule has 314 valence electrons. The van der Waals surface area contributed by atoms with E-state index in [0.717, 1.165) is 12.1 Å². The number of benzene rings is 4. The highest BCUT2D eigenvalue weighted by molar-refractivity contribution is 7.86. The van der Waals surface area contributed by atoms with E-state index in [1.54, 1.807) is 38.4 Å². The molecule has 0 saturated carbocycles. The van der Waals surface area contributed by atoms with Gasteiger partial charge in [0.15, 0.2) is 17.2 Å². The molecule has 3 aliphatic heterocycles. The second kappa shape index (κ2) is 14.1. The van der Waals surface area contributed by atoms with Crippen molar-refractivity contribution in [3.05, 3.63) is 128 Å². The summed E-state index contributed by atoms with van der Waals surface area (Å²) in [6, 6.07) is 9.21. The van der Waals surface area contributed by atoms with Gasteiger partial charge >= 0.3 is 11.9 Å². The molecule has 0 spiro atoms. The van der Waals surface area contributed by atoms with Gasteiger partial charge in [0, 0.05) is 60.6 Å². The van der Waals surface area contributed by atoms with Crippen LogP contribution in [-0.2, 0) is 20.2 Å². The number of carbonyl (C=O) groups excluding carboxylic acids is 1.